The SMILES string of the molecule is C=C[CH]c1nc(C)c[nH]1. The Morgan fingerprint density at radius 1 is 1.78 bits per heavy atom. The minimum absolute atomic E-state index is 0.863. The highest BCUT2D eigenvalue weighted by Gasteiger charge is 1.91. The minimum Gasteiger partial charge on any atom is -0.348 e. The number of aryl methyl sites for hydroxylation is 1. The molecule has 0 atom stereocenters. The Morgan fingerprint density at radius 3 is 3.00 bits per heavy atom. The first-order valence-electron chi connectivity index (χ1n) is 2.80. The molecular weight excluding hydrogens is 112 g/mol. The average molecular weight is 121 g/mol. The summed E-state index contributed by atoms with van der Waals surface area (Å²) in [6.07, 6.45) is 5.39. The third-order valence-corrected chi connectivity index (χ3v) is 1.00. The maximum Gasteiger partial charge on any atom is 0.114 e. The lowest BCUT2D eigenvalue weighted by Gasteiger charge is -1.82. The number of aromatic nitrogens is 2. The van der Waals surface area contributed by atoms with Crippen molar-refractivity contribution < 1.29 is 0 Å². The van der Waals surface area contributed by atoms with E-state index in [0.29, 0.717) is 0 Å². The molecule has 1 aromatic heterocycles. The van der Waals surface area contributed by atoms with Gasteiger partial charge in [0.15, 0.2) is 0 Å². The van der Waals surface area contributed by atoms with E-state index in [1.54, 1.807) is 6.08 Å². The number of nitrogens with zero attached hydrogens (tertiary/aromatic N) is 1. The van der Waals surface area contributed by atoms with Crippen LogP contribution in [0.1, 0.15) is 11.5 Å². The molecule has 0 saturated heterocycles. The number of nitrogens with one attached hydrogen (secondary N) is 1. The number of rotatable bonds is 2. The van der Waals surface area contributed by atoms with Crippen LogP contribution < -0.4 is 0 Å². The summed E-state index contributed by atoms with van der Waals surface area (Å²) in [6.45, 7) is 5.49. The van der Waals surface area contributed by atoms with Gasteiger partial charge in [0.25, 0.3) is 0 Å². The van der Waals surface area contributed by atoms with E-state index < -0.39 is 0 Å². The standard InChI is InChI=1S/C7H9N2/c1-3-4-7-8-5-6(2)9-7/h3-5H,1H2,2H3,(H,8,9). The molecule has 0 fully saturated rings. The summed E-state index contributed by atoms with van der Waals surface area (Å²) in [6, 6.07) is 0. The fourth-order valence-corrected chi connectivity index (χ4v) is 0.630. The van der Waals surface area contributed by atoms with Crippen molar-refractivity contribution >= 4 is 0 Å². The first-order chi connectivity index (χ1) is 4.33. The van der Waals surface area contributed by atoms with Gasteiger partial charge in [-0.2, -0.15) is 0 Å². The Bertz CT molecular complexity index is 200. The largest absolute Gasteiger partial charge is 0.348 e. The Kier molecular flexibility index (Phi) is 1.68. The topological polar surface area (TPSA) is 28.7 Å². The van der Waals surface area contributed by atoms with Gasteiger partial charge in [-0.1, -0.05) is 6.08 Å². The van der Waals surface area contributed by atoms with Gasteiger partial charge in [-0.05, 0) is 6.92 Å². The van der Waals surface area contributed by atoms with Crippen LogP contribution in [-0.4, -0.2) is 9.97 Å². The van der Waals surface area contributed by atoms with Crippen molar-refractivity contribution in [2.45, 2.75) is 6.92 Å². The normalized spacial score (nSPS) is 9.44. The zero-order valence-corrected chi connectivity index (χ0v) is 5.39. The first kappa shape index (κ1) is 6.08. The summed E-state index contributed by atoms with van der Waals surface area (Å²) in [7, 11) is 0. The van der Waals surface area contributed by atoms with E-state index in [2.05, 4.69) is 16.5 Å². The van der Waals surface area contributed by atoms with Crippen LogP contribution >= 0.6 is 0 Å². The van der Waals surface area contributed by atoms with Gasteiger partial charge >= 0.3 is 0 Å². The van der Waals surface area contributed by atoms with E-state index in [9.17, 15) is 0 Å². The predicted octanol–water partition coefficient (Wildman–Crippen LogP) is 1.46. The zero-order chi connectivity index (χ0) is 6.69. The van der Waals surface area contributed by atoms with E-state index >= 15 is 0 Å². The Balaban J connectivity index is 2.72. The van der Waals surface area contributed by atoms with Crippen molar-refractivity contribution in [3.63, 3.8) is 0 Å². The van der Waals surface area contributed by atoms with Crippen molar-refractivity contribution in [2.75, 3.05) is 0 Å². The molecule has 0 aromatic carbocycles. The monoisotopic (exact) mass is 121 g/mol. The van der Waals surface area contributed by atoms with E-state index in [4.69, 9.17) is 0 Å². The van der Waals surface area contributed by atoms with Gasteiger partial charge in [0.05, 0.1) is 5.69 Å². The molecule has 1 aromatic rings. The second-order valence-electron chi connectivity index (χ2n) is 1.83. The van der Waals surface area contributed by atoms with Crippen molar-refractivity contribution in [1.29, 1.82) is 0 Å². The molecule has 0 aliphatic heterocycles. The molecule has 0 saturated carbocycles. The van der Waals surface area contributed by atoms with Crippen LogP contribution in [0.15, 0.2) is 18.9 Å². The summed E-state index contributed by atoms with van der Waals surface area (Å²) in [5.41, 5.74) is 1.00. The lowest BCUT2D eigenvalue weighted by Crippen LogP contribution is -1.79. The fraction of sp³-hybridized carbons (Fsp3) is 0.143. The number of aromatic amines is 1. The smallest absolute Gasteiger partial charge is 0.114 e. The molecule has 2 nitrogen and oxygen atoms in total. The molecule has 1 radical (unpaired) electrons. The molecule has 0 bridgehead atoms. The molecular formula is C7H9N2. The van der Waals surface area contributed by atoms with Crippen LogP contribution in [0.25, 0.3) is 0 Å². The summed E-state index contributed by atoms with van der Waals surface area (Å²) >= 11 is 0. The molecule has 1 N–H and O–H groups in total. The zero-order valence-electron chi connectivity index (χ0n) is 5.39. The quantitative estimate of drug-likeness (QED) is 0.630. The summed E-state index contributed by atoms with van der Waals surface area (Å²) in [5, 5.41) is 0. The highest BCUT2D eigenvalue weighted by atomic mass is 14.9. The number of allylic oxidation sites excluding steroid dienone is 1. The van der Waals surface area contributed by atoms with Crippen LogP contribution in [0, 0.1) is 13.3 Å². The molecule has 0 spiro atoms. The van der Waals surface area contributed by atoms with Gasteiger partial charge in [-0.25, -0.2) is 4.98 Å². The minimum atomic E-state index is 0.863. The molecule has 1 heterocycles. The first-order valence-corrected chi connectivity index (χ1v) is 2.80. The Morgan fingerprint density at radius 2 is 2.56 bits per heavy atom. The van der Waals surface area contributed by atoms with Crippen LogP contribution in [0.4, 0.5) is 0 Å². The van der Waals surface area contributed by atoms with Crippen LogP contribution in [0.3, 0.4) is 0 Å². The molecule has 0 aliphatic rings. The molecule has 1 rings (SSSR count). The van der Waals surface area contributed by atoms with Crippen molar-refractivity contribution in [2.24, 2.45) is 0 Å². The molecule has 0 amide bonds. The van der Waals surface area contributed by atoms with E-state index in [1.165, 1.54) is 0 Å². The Hall–Kier alpha value is -1.05. The fourth-order valence-electron chi connectivity index (χ4n) is 0.630. The van der Waals surface area contributed by atoms with Crippen molar-refractivity contribution in [3.8, 4) is 0 Å². The van der Waals surface area contributed by atoms with Gasteiger partial charge in [0.2, 0.25) is 0 Å². The molecule has 2 heteroatoms. The number of hydrogen-bond donors (Lipinski definition) is 1. The molecule has 0 unspecified atom stereocenters. The third-order valence-electron chi connectivity index (χ3n) is 1.00. The van der Waals surface area contributed by atoms with Gasteiger partial charge in [0, 0.05) is 12.6 Å². The van der Waals surface area contributed by atoms with Crippen LogP contribution in [0.5, 0.6) is 0 Å². The summed E-state index contributed by atoms with van der Waals surface area (Å²) in [4.78, 5) is 7.09. The van der Waals surface area contributed by atoms with Crippen molar-refractivity contribution in [3.05, 3.63) is 36.8 Å². The number of imidazole rings is 1. The number of H-pyrrole nitrogens is 1. The Labute approximate surface area is 54.6 Å². The third kappa shape index (κ3) is 1.42. The summed E-state index contributed by atoms with van der Waals surface area (Å²) in [5.74, 6) is 0.863. The van der Waals surface area contributed by atoms with E-state index in [0.717, 1.165) is 11.5 Å². The average Bonchev–Trinajstić information content (AvgIpc) is 2.17. The summed E-state index contributed by atoms with van der Waals surface area (Å²) < 4.78 is 0. The van der Waals surface area contributed by atoms with Crippen LogP contribution in [0.2, 0.25) is 0 Å². The molecule has 9 heavy (non-hydrogen) atoms. The van der Waals surface area contributed by atoms with E-state index in [-0.39, 0.29) is 0 Å². The van der Waals surface area contributed by atoms with Crippen molar-refractivity contribution in [1.82, 2.24) is 9.97 Å². The van der Waals surface area contributed by atoms with Gasteiger partial charge < -0.3 is 4.98 Å². The molecule has 47 valence electrons. The lowest BCUT2D eigenvalue weighted by molar-refractivity contribution is 1.16. The van der Waals surface area contributed by atoms with E-state index in [1.807, 2.05) is 19.5 Å². The lowest BCUT2D eigenvalue weighted by atomic mass is 10.4. The predicted molar refractivity (Wildman–Crippen MR) is 36.9 cm³/mol. The number of hydrogen-bond acceptors (Lipinski definition) is 1. The second-order valence-corrected chi connectivity index (χ2v) is 1.83. The maximum atomic E-state index is 4.12. The van der Waals surface area contributed by atoms with Gasteiger partial charge in [-0.15, -0.1) is 6.58 Å². The van der Waals surface area contributed by atoms with Gasteiger partial charge in [0.1, 0.15) is 5.82 Å². The molecule has 0 aliphatic carbocycles. The highest BCUT2D eigenvalue weighted by Crippen LogP contribution is 1.96. The maximum absolute atomic E-state index is 4.12. The second kappa shape index (κ2) is 2.49. The van der Waals surface area contributed by atoms with Gasteiger partial charge in [-0.3, -0.25) is 0 Å². The highest BCUT2D eigenvalue weighted by molar-refractivity contribution is 5.12. The van der Waals surface area contributed by atoms with Crippen LogP contribution in [-0.2, 0) is 0 Å².